The van der Waals surface area contributed by atoms with Gasteiger partial charge in [0.05, 0.1) is 0 Å². The first-order chi connectivity index (χ1) is 4.66. The molecular formula is C6H12O3Ra. The van der Waals surface area contributed by atoms with Gasteiger partial charge in [0.1, 0.15) is 0 Å². The maximum atomic E-state index is 9.40. The van der Waals surface area contributed by atoms with Gasteiger partial charge in [-0.2, -0.15) is 0 Å². The second-order valence-corrected chi connectivity index (χ2v) is 8.39. The monoisotopic (exact) mass is 358 g/mol. The predicted molar refractivity (Wildman–Crippen MR) is 32.6 cm³/mol. The molecule has 1 saturated heterocycles. The standard InChI is InChI=1S/C6H11O3.Ra.H/c1-4-2-5(8)6(3-7)9-4;;/h2,4-8H,3H2,1H3;;/t4-,5-,6+;;/m0../s1. The summed E-state index contributed by atoms with van der Waals surface area (Å²) in [5, 5.41) is 18.1. The molecule has 0 aromatic heterocycles. The van der Waals surface area contributed by atoms with Crippen LogP contribution in [-0.2, 0) is 4.74 Å². The van der Waals surface area contributed by atoms with Crippen molar-refractivity contribution in [3.63, 3.8) is 0 Å². The van der Waals surface area contributed by atoms with E-state index >= 15 is 0 Å². The summed E-state index contributed by atoms with van der Waals surface area (Å²) in [5.74, 6) is 0. The Morgan fingerprint density at radius 3 is 2.40 bits per heavy atom. The summed E-state index contributed by atoms with van der Waals surface area (Å²) in [6.45, 7) is 1.91. The van der Waals surface area contributed by atoms with Gasteiger partial charge in [0.25, 0.3) is 0 Å². The number of aliphatic hydroxyl groups is 2. The van der Waals surface area contributed by atoms with Crippen molar-refractivity contribution < 1.29 is 57.7 Å². The molecule has 1 aliphatic heterocycles. The van der Waals surface area contributed by atoms with Gasteiger partial charge in [0, 0.05) is 0 Å². The van der Waals surface area contributed by atoms with E-state index in [2.05, 4.69) is 0 Å². The second-order valence-electron chi connectivity index (χ2n) is 2.91. The Bertz CT molecular complexity index is 120. The van der Waals surface area contributed by atoms with E-state index < -0.39 is 6.10 Å². The summed E-state index contributed by atoms with van der Waals surface area (Å²) in [4.78, 5) is 0. The molecule has 1 fully saturated rings. The van der Waals surface area contributed by atoms with Crippen molar-refractivity contribution >= 4 is 0 Å². The van der Waals surface area contributed by atoms with Crippen LogP contribution in [0.4, 0.5) is 0 Å². The molecule has 1 rings (SSSR count). The average molecular weight is 358 g/mol. The van der Waals surface area contributed by atoms with Gasteiger partial charge in [0.15, 0.2) is 0 Å². The Morgan fingerprint density at radius 1 is 1.60 bits per heavy atom. The average Bonchev–Trinajstić information content (AvgIpc) is 2.17. The third kappa shape index (κ3) is 1.74. The first-order valence-electron chi connectivity index (χ1n) is 3.61. The molecule has 0 bridgehead atoms. The Labute approximate surface area is 89.5 Å². The van der Waals surface area contributed by atoms with Gasteiger partial charge >= 0.3 is 90.5 Å². The van der Waals surface area contributed by atoms with Crippen LogP contribution in [-0.4, -0.2) is 35.1 Å². The van der Waals surface area contributed by atoms with E-state index in [-0.39, 0.29) is 61.6 Å². The molecule has 0 aromatic carbocycles. The van der Waals surface area contributed by atoms with Crippen molar-refractivity contribution in [2.24, 2.45) is 0 Å². The van der Waals surface area contributed by atoms with Gasteiger partial charge in [0.2, 0.25) is 0 Å². The molecular weight excluding hydrogens is 346 g/mol. The zero-order valence-corrected chi connectivity index (χ0v) is 14.5. The van der Waals surface area contributed by atoms with Crippen LogP contribution in [0, 0.1) is 42.8 Å². The van der Waals surface area contributed by atoms with Crippen molar-refractivity contribution in [1.82, 2.24) is 0 Å². The van der Waals surface area contributed by atoms with Crippen molar-refractivity contribution in [2.75, 3.05) is 6.61 Å². The summed E-state index contributed by atoms with van der Waals surface area (Å²) >= 11 is 0.278. The molecule has 4 atom stereocenters. The molecule has 10 heavy (non-hydrogen) atoms. The molecule has 4 heteroatoms. The van der Waals surface area contributed by atoms with E-state index in [9.17, 15) is 5.11 Å². The Kier molecular flexibility index (Phi) is 3.62. The number of hydrogen-bond donors (Lipinski definition) is 2. The molecule has 0 aromatic rings. The number of ether oxygens (including phenoxy) is 1. The number of rotatable bonds is 1. The summed E-state index contributed by atoms with van der Waals surface area (Å²) in [5.41, 5.74) is 0. The number of aliphatic hydroxyl groups excluding tert-OH is 2. The molecule has 0 amide bonds. The van der Waals surface area contributed by atoms with Crippen LogP contribution in [0.2, 0.25) is 0.959 Å². The van der Waals surface area contributed by atoms with Crippen molar-refractivity contribution in [1.29, 1.82) is 0 Å². The molecule has 0 aliphatic carbocycles. The molecule has 3 nitrogen and oxygen atoms in total. The molecule has 1 unspecified atom stereocenters. The van der Waals surface area contributed by atoms with E-state index in [1.54, 1.807) is 0 Å². The van der Waals surface area contributed by atoms with Gasteiger partial charge in [-0.1, -0.05) is 0 Å². The Hall–Kier alpha value is 1.35. The fraction of sp³-hybridized carbons (Fsp3) is 1.00. The summed E-state index contributed by atoms with van der Waals surface area (Å²) in [6.07, 6.45) is -0.547. The van der Waals surface area contributed by atoms with E-state index in [1.165, 1.54) is 0 Å². The number of hydrogen-bond acceptors (Lipinski definition) is 3. The summed E-state index contributed by atoms with van der Waals surface area (Å²) in [7, 11) is 0. The van der Waals surface area contributed by atoms with Gasteiger partial charge in [-0.25, -0.2) is 0 Å². The third-order valence-corrected chi connectivity index (χ3v) is 8.89. The first-order valence-corrected chi connectivity index (χ1v) is 8.35. The van der Waals surface area contributed by atoms with E-state index in [4.69, 9.17) is 9.84 Å². The Morgan fingerprint density at radius 2 is 2.20 bits per heavy atom. The first kappa shape index (κ1) is 9.44. The van der Waals surface area contributed by atoms with Crippen LogP contribution in [0.3, 0.4) is 0 Å². The summed E-state index contributed by atoms with van der Waals surface area (Å²) < 4.78 is 5.66. The second kappa shape index (κ2) is 3.84. The van der Waals surface area contributed by atoms with Gasteiger partial charge in [-0.3, -0.25) is 0 Å². The topological polar surface area (TPSA) is 49.7 Å². The minimum absolute atomic E-state index is 0.0507. The summed E-state index contributed by atoms with van der Waals surface area (Å²) in [6, 6.07) is 0. The van der Waals surface area contributed by atoms with E-state index in [1.807, 2.05) is 6.92 Å². The fourth-order valence-corrected chi connectivity index (χ4v) is 3.66. The van der Waals surface area contributed by atoms with Gasteiger partial charge in [-0.05, 0) is 0 Å². The fourth-order valence-electron chi connectivity index (χ4n) is 1.25. The molecule has 2 N–H and O–H groups in total. The zero-order valence-electron chi connectivity index (χ0n) is 6.32. The Balaban J connectivity index is 2.53. The van der Waals surface area contributed by atoms with E-state index in [0.29, 0.717) is 0.959 Å². The van der Waals surface area contributed by atoms with Crippen LogP contribution in [0.25, 0.3) is 0 Å². The molecule has 0 radical (unpaired) electrons. The zero-order chi connectivity index (χ0) is 7.72. The predicted octanol–water partition coefficient (Wildman–Crippen LogP) is -0.803. The van der Waals surface area contributed by atoms with Crippen LogP contribution >= 0.6 is 0 Å². The molecule has 0 saturated carbocycles. The quantitative estimate of drug-likeness (QED) is 0.645. The van der Waals surface area contributed by atoms with Crippen LogP contribution in [0.15, 0.2) is 0 Å². The van der Waals surface area contributed by atoms with Gasteiger partial charge in [-0.15, -0.1) is 0 Å². The van der Waals surface area contributed by atoms with E-state index in [0.717, 1.165) is 0 Å². The SMILES string of the molecule is C[C@@H]1O[C@H](CO)[C@@H](O)[CH]1[RaH]. The van der Waals surface area contributed by atoms with Crippen LogP contribution < -0.4 is 0 Å². The third-order valence-electron chi connectivity index (χ3n) is 2.23. The van der Waals surface area contributed by atoms with Crippen molar-refractivity contribution in [3.05, 3.63) is 0 Å². The van der Waals surface area contributed by atoms with Crippen LogP contribution in [0.1, 0.15) is 6.92 Å². The van der Waals surface area contributed by atoms with Crippen molar-refractivity contribution in [2.45, 2.75) is 26.2 Å². The van der Waals surface area contributed by atoms with Gasteiger partial charge < -0.3 is 0 Å². The van der Waals surface area contributed by atoms with Crippen LogP contribution in [0.5, 0.6) is 0 Å². The van der Waals surface area contributed by atoms with Crippen molar-refractivity contribution in [3.8, 4) is 0 Å². The normalized spacial score (nSPS) is 47.8. The molecule has 56 valence electrons. The maximum absolute atomic E-state index is 9.40. The molecule has 1 aliphatic rings. The molecule has 1 heterocycles. The molecule has 0 spiro atoms. The minimum atomic E-state index is -0.398.